The lowest BCUT2D eigenvalue weighted by atomic mass is 10.1. The van der Waals surface area contributed by atoms with E-state index in [0.717, 1.165) is 25.3 Å². The molecular formula is C17H21F3N6O3S. The minimum absolute atomic E-state index is 0.00923. The molecule has 0 atom stereocenters. The summed E-state index contributed by atoms with van der Waals surface area (Å²) in [6, 6.07) is -0.201. The number of halogens is 3. The van der Waals surface area contributed by atoms with Gasteiger partial charge in [-0.3, -0.25) is 4.68 Å². The first-order valence-corrected chi connectivity index (χ1v) is 11.2. The predicted octanol–water partition coefficient (Wildman–Crippen LogP) is 1.77. The number of aromatic nitrogens is 4. The molecule has 2 saturated heterocycles. The van der Waals surface area contributed by atoms with Gasteiger partial charge in [-0.25, -0.2) is 18.4 Å². The summed E-state index contributed by atoms with van der Waals surface area (Å²) >= 11 is 0. The van der Waals surface area contributed by atoms with E-state index in [1.54, 1.807) is 10.9 Å². The molecule has 0 unspecified atom stereocenters. The Bertz CT molecular complexity index is 1010. The van der Waals surface area contributed by atoms with Gasteiger partial charge in [-0.2, -0.15) is 22.6 Å². The highest BCUT2D eigenvalue weighted by molar-refractivity contribution is 7.88. The highest BCUT2D eigenvalue weighted by Crippen LogP contribution is 2.36. The van der Waals surface area contributed by atoms with E-state index < -0.39 is 21.8 Å². The number of ether oxygens (including phenoxy) is 1. The Labute approximate surface area is 171 Å². The maximum absolute atomic E-state index is 13.5. The molecule has 1 N–H and O–H groups in total. The number of nitrogens with one attached hydrogen (secondary N) is 1. The van der Waals surface area contributed by atoms with Gasteiger partial charge < -0.3 is 10.1 Å². The summed E-state index contributed by atoms with van der Waals surface area (Å²) in [4.78, 5) is 7.87. The van der Waals surface area contributed by atoms with E-state index in [1.807, 2.05) is 0 Å². The Morgan fingerprint density at radius 3 is 2.53 bits per heavy atom. The smallest absolute Gasteiger partial charge is 0.381 e. The zero-order valence-electron chi connectivity index (χ0n) is 16.1. The van der Waals surface area contributed by atoms with Crippen molar-refractivity contribution in [1.29, 1.82) is 0 Å². The minimum atomic E-state index is -4.63. The van der Waals surface area contributed by atoms with Crippen molar-refractivity contribution in [2.75, 3.05) is 37.9 Å². The zero-order valence-corrected chi connectivity index (χ0v) is 16.9. The van der Waals surface area contributed by atoms with Crippen molar-refractivity contribution < 1.29 is 26.3 Å². The summed E-state index contributed by atoms with van der Waals surface area (Å²) in [5.41, 5.74) is -0.978. The summed E-state index contributed by atoms with van der Waals surface area (Å²) in [5.74, 6) is 0.00923. The molecule has 0 aliphatic carbocycles. The molecule has 0 aromatic carbocycles. The fourth-order valence-electron chi connectivity index (χ4n) is 3.47. The molecule has 2 aliphatic heterocycles. The van der Waals surface area contributed by atoms with E-state index >= 15 is 0 Å². The Morgan fingerprint density at radius 2 is 1.90 bits per heavy atom. The van der Waals surface area contributed by atoms with E-state index in [1.165, 1.54) is 10.5 Å². The van der Waals surface area contributed by atoms with Crippen LogP contribution in [0.2, 0.25) is 0 Å². The van der Waals surface area contributed by atoms with Gasteiger partial charge in [-0.1, -0.05) is 0 Å². The van der Waals surface area contributed by atoms with Crippen LogP contribution in [0, 0.1) is 0 Å². The molecular weight excluding hydrogens is 425 g/mol. The van der Waals surface area contributed by atoms with Gasteiger partial charge in [-0.15, -0.1) is 0 Å². The van der Waals surface area contributed by atoms with Crippen LogP contribution in [0.25, 0.3) is 11.3 Å². The van der Waals surface area contributed by atoms with Gasteiger partial charge in [0.2, 0.25) is 16.0 Å². The lowest BCUT2D eigenvalue weighted by molar-refractivity contribution is -0.137. The van der Waals surface area contributed by atoms with Crippen LogP contribution in [0.1, 0.15) is 24.4 Å². The van der Waals surface area contributed by atoms with Crippen LogP contribution in [0.3, 0.4) is 0 Å². The maximum Gasteiger partial charge on any atom is 0.419 e. The number of hydrogen-bond donors (Lipinski definition) is 1. The van der Waals surface area contributed by atoms with Gasteiger partial charge in [0.15, 0.2) is 0 Å². The first kappa shape index (κ1) is 21.0. The normalized spacial score (nSPS) is 19.6. The molecule has 0 saturated carbocycles. The monoisotopic (exact) mass is 446 g/mol. The molecule has 13 heteroatoms. The van der Waals surface area contributed by atoms with Gasteiger partial charge in [0.05, 0.1) is 30.2 Å². The minimum Gasteiger partial charge on any atom is -0.381 e. The van der Waals surface area contributed by atoms with Gasteiger partial charge >= 0.3 is 6.18 Å². The quantitative estimate of drug-likeness (QED) is 0.747. The van der Waals surface area contributed by atoms with Gasteiger partial charge in [0.25, 0.3) is 0 Å². The maximum atomic E-state index is 13.5. The second-order valence-corrected chi connectivity index (χ2v) is 9.41. The number of alkyl halides is 3. The van der Waals surface area contributed by atoms with Crippen LogP contribution in [0.4, 0.5) is 19.1 Å². The van der Waals surface area contributed by atoms with Crippen LogP contribution in [-0.4, -0.2) is 71.1 Å². The molecule has 164 valence electrons. The van der Waals surface area contributed by atoms with Crippen LogP contribution in [-0.2, 0) is 20.9 Å². The lowest BCUT2D eigenvalue weighted by Crippen LogP contribution is -2.56. The first-order valence-electron chi connectivity index (χ1n) is 9.39. The lowest BCUT2D eigenvalue weighted by Gasteiger charge is -2.37. The van der Waals surface area contributed by atoms with Crippen molar-refractivity contribution in [3.63, 3.8) is 0 Å². The fourth-order valence-corrected chi connectivity index (χ4v) is 4.37. The molecule has 9 nitrogen and oxygen atoms in total. The van der Waals surface area contributed by atoms with Crippen LogP contribution >= 0.6 is 0 Å². The largest absolute Gasteiger partial charge is 0.419 e. The SMILES string of the molecule is CS(=O)(=O)N1CC(Nc2ncc(C(F)(F)F)c(-c3cnn(C4CCOCC4)c3)n2)C1. The zero-order chi connectivity index (χ0) is 21.5. The third kappa shape index (κ3) is 4.42. The average Bonchev–Trinajstić information content (AvgIpc) is 3.13. The third-order valence-corrected chi connectivity index (χ3v) is 6.42. The van der Waals surface area contributed by atoms with E-state index in [4.69, 9.17) is 4.74 Å². The van der Waals surface area contributed by atoms with E-state index in [2.05, 4.69) is 20.4 Å². The van der Waals surface area contributed by atoms with Crippen molar-refractivity contribution in [3.05, 3.63) is 24.2 Å². The number of hydrogen-bond acceptors (Lipinski definition) is 7. The Kier molecular flexibility index (Phi) is 5.45. The van der Waals surface area contributed by atoms with E-state index in [-0.39, 0.29) is 42.4 Å². The third-order valence-electron chi connectivity index (χ3n) is 5.18. The Balaban J connectivity index is 1.58. The van der Waals surface area contributed by atoms with Crippen LogP contribution < -0.4 is 5.32 Å². The molecule has 2 aromatic heterocycles. The van der Waals surface area contributed by atoms with E-state index in [9.17, 15) is 21.6 Å². The number of rotatable bonds is 5. The average molecular weight is 446 g/mol. The van der Waals surface area contributed by atoms with Crippen molar-refractivity contribution in [3.8, 4) is 11.3 Å². The summed E-state index contributed by atoms with van der Waals surface area (Å²) in [5, 5.41) is 7.13. The molecule has 2 aliphatic rings. The summed E-state index contributed by atoms with van der Waals surface area (Å²) in [7, 11) is -3.29. The molecule has 0 bridgehead atoms. The van der Waals surface area contributed by atoms with Crippen molar-refractivity contribution in [1.82, 2.24) is 24.1 Å². The molecule has 0 radical (unpaired) electrons. The molecule has 0 amide bonds. The molecule has 0 spiro atoms. The van der Waals surface area contributed by atoms with Crippen molar-refractivity contribution >= 4 is 16.0 Å². The topological polar surface area (TPSA) is 102 Å². The Hall–Kier alpha value is -2.25. The van der Waals surface area contributed by atoms with Gasteiger partial charge in [0, 0.05) is 44.3 Å². The molecule has 30 heavy (non-hydrogen) atoms. The summed E-state index contributed by atoms with van der Waals surface area (Å²) < 4.78 is 71.7. The standard InChI is InChI=1S/C17H21F3N6O3S/c1-30(27,28)25-9-12(10-25)23-16-21-7-14(17(18,19)20)15(24-16)11-6-22-26(8-11)13-2-4-29-5-3-13/h6-8,12-13H,2-5,9-10H2,1H3,(H,21,23,24). The second-order valence-electron chi connectivity index (χ2n) is 7.43. The number of anilines is 1. The second kappa shape index (κ2) is 7.78. The highest BCUT2D eigenvalue weighted by Gasteiger charge is 2.37. The Morgan fingerprint density at radius 1 is 1.20 bits per heavy atom. The molecule has 4 rings (SSSR count). The van der Waals surface area contributed by atoms with Crippen LogP contribution in [0.5, 0.6) is 0 Å². The van der Waals surface area contributed by atoms with E-state index in [0.29, 0.717) is 13.2 Å². The molecule has 4 heterocycles. The highest BCUT2D eigenvalue weighted by atomic mass is 32.2. The first-order chi connectivity index (χ1) is 14.1. The number of nitrogens with zero attached hydrogens (tertiary/aromatic N) is 5. The van der Waals surface area contributed by atoms with Gasteiger partial charge in [-0.05, 0) is 12.8 Å². The van der Waals surface area contributed by atoms with Crippen LogP contribution in [0.15, 0.2) is 18.6 Å². The van der Waals surface area contributed by atoms with Crippen molar-refractivity contribution in [2.45, 2.75) is 31.1 Å². The fraction of sp³-hybridized carbons (Fsp3) is 0.588. The van der Waals surface area contributed by atoms with Gasteiger partial charge in [0.1, 0.15) is 5.56 Å². The number of sulfonamides is 1. The molecule has 2 fully saturated rings. The van der Waals surface area contributed by atoms with Crippen molar-refractivity contribution in [2.24, 2.45) is 0 Å². The summed E-state index contributed by atoms with van der Waals surface area (Å²) in [6.45, 7) is 1.59. The summed E-state index contributed by atoms with van der Waals surface area (Å²) in [6.07, 6.45) is 1.62. The predicted molar refractivity (Wildman–Crippen MR) is 101 cm³/mol. The molecule has 2 aromatic rings.